The number of rotatable bonds is 3. The van der Waals surface area contributed by atoms with Crippen LogP contribution in [0.4, 0.5) is 10.3 Å². The van der Waals surface area contributed by atoms with E-state index in [0.717, 1.165) is 0 Å². The number of ether oxygens (including phenoxy) is 2. The number of methoxy groups -OCH3 is 2. The molecule has 1 aromatic heterocycles. The van der Waals surface area contributed by atoms with Crippen LogP contribution in [-0.2, 0) is 0 Å². The Hall–Kier alpha value is -1.76. The highest BCUT2D eigenvalue weighted by Gasteiger charge is 2.22. The van der Waals surface area contributed by atoms with E-state index in [2.05, 4.69) is 21.1 Å². The van der Waals surface area contributed by atoms with Gasteiger partial charge in [-0.1, -0.05) is 5.16 Å². The average molecular weight is 317 g/mol. The van der Waals surface area contributed by atoms with Gasteiger partial charge >= 0.3 is 0 Å². The third-order valence-corrected chi connectivity index (χ3v) is 3.00. The van der Waals surface area contributed by atoms with E-state index in [9.17, 15) is 4.39 Å². The maximum Gasteiger partial charge on any atom is 0.230 e. The van der Waals surface area contributed by atoms with Crippen molar-refractivity contribution in [2.24, 2.45) is 0 Å². The standard InChI is InChI=1S/C11H10BrFN2O3/c1-16-9-5(6-4-15-18-11(6)14)3-7(12)8(13)10(9)17-2/h3-4H,14H2,1-2H3. The molecule has 1 heterocycles. The van der Waals surface area contributed by atoms with Crippen LogP contribution < -0.4 is 15.2 Å². The van der Waals surface area contributed by atoms with Crippen LogP contribution in [0.25, 0.3) is 11.1 Å². The molecule has 96 valence electrons. The second-order valence-electron chi connectivity index (χ2n) is 3.39. The maximum absolute atomic E-state index is 13.8. The molecule has 0 amide bonds. The fraction of sp³-hybridized carbons (Fsp3) is 0.182. The molecule has 5 nitrogen and oxygen atoms in total. The first-order valence-electron chi connectivity index (χ1n) is 4.90. The van der Waals surface area contributed by atoms with Crippen LogP contribution in [0.1, 0.15) is 0 Å². The van der Waals surface area contributed by atoms with Gasteiger partial charge in [-0.3, -0.25) is 0 Å². The highest BCUT2D eigenvalue weighted by atomic mass is 79.9. The molecule has 0 aliphatic rings. The Labute approximate surface area is 111 Å². The number of nitrogens with two attached hydrogens (primary N) is 1. The van der Waals surface area contributed by atoms with Gasteiger partial charge < -0.3 is 19.7 Å². The Balaban J connectivity index is 2.75. The highest BCUT2D eigenvalue weighted by molar-refractivity contribution is 9.10. The molecule has 0 atom stereocenters. The van der Waals surface area contributed by atoms with Crippen LogP contribution in [0.3, 0.4) is 0 Å². The second kappa shape index (κ2) is 4.85. The summed E-state index contributed by atoms with van der Waals surface area (Å²) in [6, 6.07) is 1.53. The van der Waals surface area contributed by atoms with Crippen LogP contribution in [0.15, 0.2) is 21.3 Å². The van der Waals surface area contributed by atoms with Gasteiger partial charge in [-0.25, -0.2) is 4.39 Å². The largest absolute Gasteiger partial charge is 0.492 e. The van der Waals surface area contributed by atoms with Crippen molar-refractivity contribution in [2.75, 3.05) is 20.0 Å². The summed E-state index contributed by atoms with van der Waals surface area (Å²) in [5.41, 5.74) is 6.68. The molecular formula is C11H10BrFN2O3. The van der Waals surface area contributed by atoms with Crippen LogP contribution in [0.5, 0.6) is 11.5 Å². The summed E-state index contributed by atoms with van der Waals surface area (Å²) in [6.45, 7) is 0. The minimum Gasteiger partial charge on any atom is -0.492 e. The van der Waals surface area contributed by atoms with Gasteiger partial charge in [0.2, 0.25) is 5.88 Å². The average Bonchev–Trinajstić information content (AvgIpc) is 2.78. The first-order valence-corrected chi connectivity index (χ1v) is 5.70. The molecular weight excluding hydrogens is 307 g/mol. The number of nitrogen functional groups attached to an aromatic ring is 1. The normalized spacial score (nSPS) is 10.4. The topological polar surface area (TPSA) is 70.5 Å². The second-order valence-corrected chi connectivity index (χ2v) is 4.24. The Morgan fingerprint density at radius 2 is 1.94 bits per heavy atom. The van der Waals surface area contributed by atoms with E-state index < -0.39 is 5.82 Å². The van der Waals surface area contributed by atoms with E-state index in [1.807, 2.05) is 0 Å². The number of nitrogens with zero attached hydrogens (tertiary/aromatic N) is 1. The van der Waals surface area contributed by atoms with Gasteiger partial charge in [0.25, 0.3) is 0 Å². The number of halogens is 2. The van der Waals surface area contributed by atoms with Gasteiger partial charge in [0.05, 0.1) is 30.5 Å². The van der Waals surface area contributed by atoms with Gasteiger partial charge in [0, 0.05) is 5.56 Å². The van der Waals surface area contributed by atoms with Gasteiger partial charge in [-0.05, 0) is 22.0 Å². The third-order valence-electron chi connectivity index (χ3n) is 2.43. The molecule has 0 radical (unpaired) electrons. The first kappa shape index (κ1) is 12.7. The Bertz CT molecular complexity index is 586. The van der Waals surface area contributed by atoms with E-state index in [0.29, 0.717) is 11.1 Å². The monoisotopic (exact) mass is 316 g/mol. The molecule has 2 N–H and O–H groups in total. The van der Waals surface area contributed by atoms with E-state index in [-0.39, 0.29) is 21.9 Å². The van der Waals surface area contributed by atoms with Crippen LogP contribution in [0.2, 0.25) is 0 Å². The molecule has 18 heavy (non-hydrogen) atoms. The van der Waals surface area contributed by atoms with Crippen molar-refractivity contribution in [3.63, 3.8) is 0 Å². The van der Waals surface area contributed by atoms with Crippen LogP contribution in [-0.4, -0.2) is 19.4 Å². The van der Waals surface area contributed by atoms with E-state index in [4.69, 9.17) is 19.7 Å². The molecule has 0 aliphatic heterocycles. The summed E-state index contributed by atoms with van der Waals surface area (Å²) in [6.07, 6.45) is 1.43. The fourth-order valence-electron chi connectivity index (χ4n) is 1.62. The molecule has 2 aromatic rings. The van der Waals surface area contributed by atoms with Crippen molar-refractivity contribution in [1.82, 2.24) is 5.16 Å². The zero-order chi connectivity index (χ0) is 13.3. The summed E-state index contributed by atoms with van der Waals surface area (Å²) in [4.78, 5) is 0. The molecule has 0 spiro atoms. The molecule has 0 saturated carbocycles. The smallest absolute Gasteiger partial charge is 0.230 e. The lowest BCUT2D eigenvalue weighted by atomic mass is 10.1. The minimum absolute atomic E-state index is 0.0116. The van der Waals surface area contributed by atoms with Crippen molar-refractivity contribution in [1.29, 1.82) is 0 Å². The Morgan fingerprint density at radius 3 is 2.44 bits per heavy atom. The van der Waals surface area contributed by atoms with Crippen LogP contribution in [0, 0.1) is 5.82 Å². The lowest BCUT2D eigenvalue weighted by molar-refractivity contribution is 0.337. The van der Waals surface area contributed by atoms with Crippen molar-refractivity contribution in [2.45, 2.75) is 0 Å². The lowest BCUT2D eigenvalue weighted by Crippen LogP contribution is -1.98. The molecule has 1 aromatic carbocycles. The summed E-state index contributed by atoms with van der Waals surface area (Å²) >= 11 is 3.11. The first-order chi connectivity index (χ1) is 8.60. The minimum atomic E-state index is -0.548. The summed E-state index contributed by atoms with van der Waals surface area (Å²) < 4.78 is 29.0. The molecule has 2 rings (SSSR count). The molecule has 0 aliphatic carbocycles. The van der Waals surface area contributed by atoms with Gasteiger partial charge in [0.15, 0.2) is 17.3 Å². The van der Waals surface area contributed by atoms with Crippen LogP contribution >= 0.6 is 15.9 Å². The SMILES string of the molecule is COc1c(-c2cnoc2N)cc(Br)c(F)c1OC. The summed E-state index contributed by atoms with van der Waals surface area (Å²) in [5, 5.41) is 3.58. The van der Waals surface area contributed by atoms with Gasteiger partial charge in [-0.2, -0.15) is 0 Å². The third kappa shape index (κ3) is 1.90. The van der Waals surface area contributed by atoms with Crippen molar-refractivity contribution < 1.29 is 18.4 Å². The van der Waals surface area contributed by atoms with E-state index >= 15 is 0 Å². The van der Waals surface area contributed by atoms with Crippen molar-refractivity contribution in [3.05, 3.63) is 22.6 Å². The number of benzene rings is 1. The van der Waals surface area contributed by atoms with E-state index in [1.165, 1.54) is 26.5 Å². The lowest BCUT2D eigenvalue weighted by Gasteiger charge is -2.13. The number of hydrogen-bond donors (Lipinski definition) is 1. The zero-order valence-corrected chi connectivity index (χ0v) is 11.2. The summed E-state index contributed by atoms with van der Waals surface area (Å²) in [5.74, 6) is -0.211. The maximum atomic E-state index is 13.8. The van der Waals surface area contributed by atoms with Gasteiger partial charge in [0.1, 0.15) is 0 Å². The molecule has 7 heteroatoms. The number of hydrogen-bond acceptors (Lipinski definition) is 5. The molecule has 0 unspecified atom stereocenters. The molecule has 0 fully saturated rings. The molecule has 0 bridgehead atoms. The van der Waals surface area contributed by atoms with E-state index in [1.54, 1.807) is 0 Å². The van der Waals surface area contributed by atoms with Crippen molar-refractivity contribution in [3.8, 4) is 22.6 Å². The van der Waals surface area contributed by atoms with Crippen molar-refractivity contribution >= 4 is 21.8 Å². The zero-order valence-electron chi connectivity index (χ0n) is 9.66. The fourth-order valence-corrected chi connectivity index (χ4v) is 2.03. The Morgan fingerprint density at radius 1 is 1.28 bits per heavy atom. The number of aromatic nitrogens is 1. The highest BCUT2D eigenvalue weighted by Crippen LogP contribution is 2.44. The molecule has 0 saturated heterocycles. The van der Waals surface area contributed by atoms with Gasteiger partial charge in [-0.15, -0.1) is 0 Å². The summed E-state index contributed by atoms with van der Waals surface area (Å²) in [7, 11) is 2.77. The predicted octanol–water partition coefficient (Wildman–Crippen LogP) is 2.84. The quantitative estimate of drug-likeness (QED) is 0.942. The Kier molecular flexibility index (Phi) is 3.42. The number of anilines is 1. The predicted molar refractivity (Wildman–Crippen MR) is 67.1 cm³/mol.